The Morgan fingerprint density at radius 1 is 0.375 bits per heavy atom. The number of rotatable bonds is 6. The first-order valence-electron chi connectivity index (χ1n) is 22.1. The summed E-state index contributed by atoms with van der Waals surface area (Å²) in [5, 5.41) is 7.30. The summed E-state index contributed by atoms with van der Waals surface area (Å²) in [5.74, 6) is 0. The van der Waals surface area contributed by atoms with E-state index < -0.39 is 0 Å². The summed E-state index contributed by atoms with van der Waals surface area (Å²) in [7, 11) is 0. The number of para-hydroxylation sites is 1. The van der Waals surface area contributed by atoms with Crippen LogP contribution in [0, 0.1) is 0 Å². The van der Waals surface area contributed by atoms with Crippen LogP contribution in [0.1, 0.15) is 25.0 Å². The van der Waals surface area contributed by atoms with Crippen molar-refractivity contribution < 1.29 is 4.42 Å². The molecule has 0 unspecified atom stereocenters. The number of anilines is 3. The molecule has 0 amide bonds. The van der Waals surface area contributed by atoms with E-state index in [2.05, 4.69) is 219 Å². The van der Waals surface area contributed by atoms with Crippen molar-refractivity contribution >= 4 is 81.3 Å². The van der Waals surface area contributed by atoms with Gasteiger partial charge in [-0.2, -0.15) is 0 Å². The quantitative estimate of drug-likeness (QED) is 0.166. The molecule has 0 saturated carbocycles. The molecule has 13 rings (SSSR count). The Bertz CT molecular complexity index is 3690. The Morgan fingerprint density at radius 3 is 1.81 bits per heavy atom. The molecule has 12 aromatic rings. The summed E-state index contributed by atoms with van der Waals surface area (Å²) in [6, 6.07) is 78.2. The normalized spacial score (nSPS) is 13.0. The SMILES string of the molecule is CC1(C)c2ccccc2-c2ccc(N(c3ccc(-c4cc(-c5ccc6oc7ccccc7c6c5)cc(-c5ccc6sc7ccccc7c6c5)c4)cc3)c3cccc4ccccc34)cc21. The highest BCUT2D eigenvalue weighted by molar-refractivity contribution is 7.25. The van der Waals surface area contributed by atoms with Crippen LogP contribution in [0.3, 0.4) is 0 Å². The summed E-state index contributed by atoms with van der Waals surface area (Å²) in [6.07, 6.45) is 0. The molecule has 302 valence electrons. The standard InChI is InChI=1S/C61H41NOS/c1-61(2)54-18-8-5-15-48(54)49-29-28-46(37-55(49)61)62(56-19-11-13-39-12-3-4-14-47(39)56)45-26-22-38(23-27-45)42-32-43(40-24-30-58-52(35-40)50-16-6-9-20-57(50)63-58)34-44(33-42)41-25-31-60-53(36-41)51-17-7-10-21-59(51)64-60/h3-37H,1-2H3. The number of hydrogen-bond donors (Lipinski definition) is 0. The van der Waals surface area contributed by atoms with Gasteiger partial charge in [0.05, 0.1) is 5.69 Å². The minimum atomic E-state index is -0.116. The van der Waals surface area contributed by atoms with Gasteiger partial charge in [-0.1, -0.05) is 141 Å². The van der Waals surface area contributed by atoms with Crippen LogP contribution in [-0.2, 0) is 5.41 Å². The van der Waals surface area contributed by atoms with Crippen molar-refractivity contribution in [3.63, 3.8) is 0 Å². The van der Waals surface area contributed by atoms with Gasteiger partial charge >= 0.3 is 0 Å². The average Bonchev–Trinajstić information content (AvgIpc) is 3.98. The molecular formula is C61H41NOS. The van der Waals surface area contributed by atoms with Crippen LogP contribution >= 0.6 is 11.3 Å². The monoisotopic (exact) mass is 835 g/mol. The molecule has 3 heteroatoms. The van der Waals surface area contributed by atoms with Gasteiger partial charge in [0.15, 0.2) is 0 Å². The van der Waals surface area contributed by atoms with Gasteiger partial charge in [-0.25, -0.2) is 0 Å². The van der Waals surface area contributed by atoms with E-state index in [0.717, 1.165) is 55.7 Å². The lowest BCUT2D eigenvalue weighted by atomic mass is 9.82. The van der Waals surface area contributed by atoms with Crippen molar-refractivity contribution in [3.05, 3.63) is 223 Å². The molecule has 0 atom stereocenters. The lowest BCUT2D eigenvalue weighted by molar-refractivity contribution is 0.660. The van der Waals surface area contributed by atoms with Crippen molar-refractivity contribution in [2.75, 3.05) is 4.90 Å². The van der Waals surface area contributed by atoms with Crippen LogP contribution in [0.2, 0.25) is 0 Å². The second kappa shape index (κ2) is 14.2. The molecule has 0 fully saturated rings. The minimum absolute atomic E-state index is 0.116. The molecule has 1 aliphatic carbocycles. The molecule has 0 spiro atoms. The molecule has 2 nitrogen and oxygen atoms in total. The maximum Gasteiger partial charge on any atom is 0.135 e. The average molecular weight is 836 g/mol. The molecule has 1 aliphatic rings. The van der Waals surface area contributed by atoms with Crippen LogP contribution in [0.5, 0.6) is 0 Å². The van der Waals surface area contributed by atoms with Gasteiger partial charge in [0, 0.05) is 53.1 Å². The largest absolute Gasteiger partial charge is 0.456 e. The molecule has 2 aromatic heterocycles. The fraction of sp³-hybridized carbons (Fsp3) is 0.0492. The maximum atomic E-state index is 6.26. The summed E-state index contributed by atoms with van der Waals surface area (Å²) < 4.78 is 8.88. The predicted molar refractivity (Wildman–Crippen MR) is 273 cm³/mol. The predicted octanol–water partition coefficient (Wildman–Crippen LogP) is 17.9. The smallest absolute Gasteiger partial charge is 0.135 e. The zero-order valence-corrected chi connectivity index (χ0v) is 36.3. The Balaban J connectivity index is 0.967. The van der Waals surface area contributed by atoms with Gasteiger partial charge in [-0.05, 0) is 146 Å². The molecule has 10 aromatic carbocycles. The molecule has 0 aliphatic heterocycles. The highest BCUT2D eigenvalue weighted by Gasteiger charge is 2.36. The lowest BCUT2D eigenvalue weighted by Crippen LogP contribution is -2.16. The first-order chi connectivity index (χ1) is 31.4. The minimum Gasteiger partial charge on any atom is -0.456 e. The zero-order chi connectivity index (χ0) is 42.5. The molecule has 0 saturated heterocycles. The van der Waals surface area contributed by atoms with E-state index in [9.17, 15) is 0 Å². The van der Waals surface area contributed by atoms with Gasteiger partial charge in [-0.15, -0.1) is 11.3 Å². The van der Waals surface area contributed by atoms with E-state index in [1.807, 2.05) is 23.5 Å². The second-order valence-electron chi connectivity index (χ2n) is 17.7. The van der Waals surface area contributed by atoms with Gasteiger partial charge in [0.25, 0.3) is 0 Å². The Kier molecular flexibility index (Phi) is 8.16. The number of furan rings is 1. The van der Waals surface area contributed by atoms with Gasteiger partial charge in [-0.3, -0.25) is 0 Å². The van der Waals surface area contributed by atoms with Crippen LogP contribution in [-0.4, -0.2) is 0 Å². The third-order valence-electron chi connectivity index (χ3n) is 13.6. The van der Waals surface area contributed by atoms with E-state index in [0.29, 0.717) is 0 Å². The summed E-state index contributed by atoms with van der Waals surface area (Å²) >= 11 is 1.86. The fourth-order valence-electron chi connectivity index (χ4n) is 10.4. The molecule has 64 heavy (non-hydrogen) atoms. The molecular weight excluding hydrogens is 795 g/mol. The van der Waals surface area contributed by atoms with E-state index >= 15 is 0 Å². The van der Waals surface area contributed by atoms with E-state index in [1.54, 1.807) is 0 Å². The second-order valence-corrected chi connectivity index (χ2v) is 18.8. The molecule has 0 bridgehead atoms. The highest BCUT2D eigenvalue weighted by atomic mass is 32.1. The number of nitrogens with zero attached hydrogens (tertiary/aromatic N) is 1. The van der Waals surface area contributed by atoms with Crippen molar-refractivity contribution in [1.82, 2.24) is 0 Å². The van der Waals surface area contributed by atoms with Crippen LogP contribution in [0.4, 0.5) is 17.1 Å². The highest BCUT2D eigenvalue weighted by Crippen LogP contribution is 2.51. The lowest BCUT2D eigenvalue weighted by Gasteiger charge is -2.29. The molecule has 0 N–H and O–H groups in total. The van der Waals surface area contributed by atoms with Gasteiger partial charge in [0.2, 0.25) is 0 Å². The van der Waals surface area contributed by atoms with Crippen molar-refractivity contribution in [2.24, 2.45) is 0 Å². The first kappa shape index (κ1) is 36.9. The molecule has 2 heterocycles. The fourth-order valence-corrected chi connectivity index (χ4v) is 11.5. The third kappa shape index (κ3) is 5.78. The van der Waals surface area contributed by atoms with E-state index in [-0.39, 0.29) is 5.41 Å². The van der Waals surface area contributed by atoms with Crippen LogP contribution in [0.25, 0.3) is 97.4 Å². The van der Waals surface area contributed by atoms with Gasteiger partial charge < -0.3 is 9.32 Å². The molecule has 0 radical (unpaired) electrons. The topological polar surface area (TPSA) is 16.4 Å². The third-order valence-corrected chi connectivity index (χ3v) is 14.8. The van der Waals surface area contributed by atoms with E-state index in [1.165, 1.54) is 69.9 Å². The summed E-state index contributed by atoms with van der Waals surface area (Å²) in [6.45, 7) is 4.72. The zero-order valence-electron chi connectivity index (χ0n) is 35.5. The van der Waals surface area contributed by atoms with Gasteiger partial charge in [0.1, 0.15) is 11.2 Å². The Hall–Kier alpha value is -7.72. The number of thiophene rings is 1. The van der Waals surface area contributed by atoms with Crippen molar-refractivity contribution in [1.29, 1.82) is 0 Å². The Labute approximate surface area is 375 Å². The summed E-state index contributed by atoms with van der Waals surface area (Å²) in [4.78, 5) is 2.44. The number of hydrogen-bond acceptors (Lipinski definition) is 3. The van der Waals surface area contributed by atoms with E-state index in [4.69, 9.17) is 4.42 Å². The van der Waals surface area contributed by atoms with Crippen LogP contribution < -0.4 is 4.90 Å². The van der Waals surface area contributed by atoms with Crippen molar-refractivity contribution in [2.45, 2.75) is 19.3 Å². The number of fused-ring (bicyclic) bond motifs is 10. The summed E-state index contributed by atoms with van der Waals surface area (Å²) in [5.41, 5.74) is 17.5. The maximum absolute atomic E-state index is 6.26. The van der Waals surface area contributed by atoms with Crippen LogP contribution in [0.15, 0.2) is 217 Å². The van der Waals surface area contributed by atoms with Crippen molar-refractivity contribution in [3.8, 4) is 44.5 Å². The Morgan fingerprint density at radius 2 is 0.969 bits per heavy atom. The first-order valence-corrected chi connectivity index (χ1v) is 22.9. The number of benzene rings is 10.